The molecule has 0 N–H and O–H groups in total. The van der Waals surface area contributed by atoms with Crippen molar-refractivity contribution < 1.29 is 23.1 Å². The molecule has 0 bridgehead atoms. The SMILES string of the molecule is C#CCC(C(=O)OC)P(=O)(OCC)OCC. The zero-order valence-electron chi connectivity index (χ0n) is 9.76. The summed E-state index contributed by atoms with van der Waals surface area (Å²) < 4.78 is 26.9. The molecule has 16 heavy (non-hydrogen) atoms. The lowest BCUT2D eigenvalue weighted by Crippen LogP contribution is -2.24. The predicted molar refractivity (Wildman–Crippen MR) is 60.1 cm³/mol. The Morgan fingerprint density at radius 1 is 1.38 bits per heavy atom. The average Bonchev–Trinajstić information content (AvgIpc) is 2.25. The lowest BCUT2D eigenvalue weighted by atomic mass is 10.3. The second-order valence-corrected chi connectivity index (χ2v) is 5.04. The van der Waals surface area contributed by atoms with Gasteiger partial charge in [0, 0.05) is 6.42 Å². The van der Waals surface area contributed by atoms with E-state index in [2.05, 4.69) is 10.7 Å². The third-order valence-electron chi connectivity index (χ3n) is 1.78. The van der Waals surface area contributed by atoms with Gasteiger partial charge in [-0.15, -0.1) is 12.3 Å². The van der Waals surface area contributed by atoms with Crippen LogP contribution < -0.4 is 0 Å². The molecular formula is C10H17O5P. The molecule has 0 aliphatic heterocycles. The molecule has 0 radical (unpaired) electrons. The Hall–Kier alpha value is -0.820. The molecule has 0 saturated carbocycles. The third kappa shape index (κ3) is 3.97. The van der Waals surface area contributed by atoms with E-state index in [0.29, 0.717) is 0 Å². The van der Waals surface area contributed by atoms with E-state index in [9.17, 15) is 9.36 Å². The zero-order valence-corrected chi connectivity index (χ0v) is 10.7. The van der Waals surface area contributed by atoms with Gasteiger partial charge in [-0.05, 0) is 13.8 Å². The number of esters is 1. The van der Waals surface area contributed by atoms with Gasteiger partial charge < -0.3 is 13.8 Å². The second kappa shape index (κ2) is 7.45. The van der Waals surface area contributed by atoms with Crippen LogP contribution in [0.4, 0.5) is 0 Å². The van der Waals surface area contributed by atoms with E-state index in [4.69, 9.17) is 15.5 Å². The van der Waals surface area contributed by atoms with Crippen molar-refractivity contribution in [1.29, 1.82) is 0 Å². The van der Waals surface area contributed by atoms with Crippen LogP contribution in [0, 0.1) is 12.3 Å². The van der Waals surface area contributed by atoms with E-state index in [-0.39, 0.29) is 19.6 Å². The molecule has 5 nitrogen and oxygen atoms in total. The summed E-state index contributed by atoms with van der Waals surface area (Å²) in [6, 6.07) is 0. The highest BCUT2D eigenvalue weighted by atomic mass is 31.2. The summed E-state index contributed by atoms with van der Waals surface area (Å²) in [7, 11) is -2.33. The lowest BCUT2D eigenvalue weighted by Gasteiger charge is -2.22. The van der Waals surface area contributed by atoms with Crippen LogP contribution in [0.5, 0.6) is 0 Å². The van der Waals surface area contributed by atoms with Crippen LogP contribution >= 0.6 is 7.60 Å². The van der Waals surface area contributed by atoms with Crippen LogP contribution in [0.15, 0.2) is 0 Å². The van der Waals surface area contributed by atoms with Gasteiger partial charge in [0.2, 0.25) is 0 Å². The molecule has 0 aliphatic rings. The Balaban J connectivity index is 5.02. The van der Waals surface area contributed by atoms with Crippen LogP contribution in [0.2, 0.25) is 0 Å². The highest BCUT2D eigenvalue weighted by Gasteiger charge is 2.41. The summed E-state index contributed by atoms with van der Waals surface area (Å²) in [5.74, 6) is 1.59. The molecule has 0 fully saturated rings. The number of methoxy groups -OCH3 is 1. The number of rotatable bonds is 7. The first-order valence-electron chi connectivity index (χ1n) is 4.95. The maximum absolute atomic E-state index is 12.3. The van der Waals surface area contributed by atoms with Gasteiger partial charge in [-0.2, -0.15) is 0 Å². The minimum atomic E-state index is -3.54. The predicted octanol–water partition coefficient (Wildman–Crippen LogP) is 1.82. The third-order valence-corrected chi connectivity index (χ3v) is 4.18. The van der Waals surface area contributed by atoms with Gasteiger partial charge in [0.1, 0.15) is 0 Å². The van der Waals surface area contributed by atoms with Crippen molar-refractivity contribution in [2.24, 2.45) is 0 Å². The van der Waals surface area contributed by atoms with Gasteiger partial charge in [-0.1, -0.05) is 0 Å². The Morgan fingerprint density at radius 3 is 2.19 bits per heavy atom. The van der Waals surface area contributed by atoms with Crippen molar-refractivity contribution in [1.82, 2.24) is 0 Å². The summed E-state index contributed by atoms with van der Waals surface area (Å²) >= 11 is 0. The Kier molecular flexibility index (Phi) is 7.07. The number of carbonyl (C=O) groups is 1. The number of hydrogen-bond donors (Lipinski definition) is 0. The quantitative estimate of drug-likeness (QED) is 0.390. The van der Waals surface area contributed by atoms with E-state index in [1.807, 2.05) is 0 Å². The minimum Gasteiger partial charge on any atom is -0.468 e. The van der Waals surface area contributed by atoms with Crippen molar-refractivity contribution in [3.63, 3.8) is 0 Å². The van der Waals surface area contributed by atoms with E-state index in [0.717, 1.165) is 0 Å². The fraction of sp³-hybridized carbons (Fsp3) is 0.700. The summed E-state index contributed by atoms with van der Waals surface area (Å²) in [6.07, 6.45) is 5.08. The molecule has 6 heteroatoms. The molecule has 0 heterocycles. The van der Waals surface area contributed by atoms with Crippen molar-refractivity contribution in [2.45, 2.75) is 25.9 Å². The summed E-state index contributed by atoms with van der Waals surface area (Å²) in [4.78, 5) is 11.4. The maximum atomic E-state index is 12.3. The Morgan fingerprint density at radius 2 is 1.88 bits per heavy atom. The van der Waals surface area contributed by atoms with Crippen molar-refractivity contribution >= 4 is 13.6 Å². The van der Waals surface area contributed by atoms with Crippen molar-refractivity contribution in [3.05, 3.63) is 0 Å². The largest absolute Gasteiger partial charge is 0.468 e. The van der Waals surface area contributed by atoms with Gasteiger partial charge in [0.25, 0.3) is 0 Å². The van der Waals surface area contributed by atoms with Gasteiger partial charge >= 0.3 is 13.6 Å². The summed E-state index contributed by atoms with van der Waals surface area (Å²) in [6.45, 7) is 3.68. The molecule has 1 atom stereocenters. The number of hydrogen-bond acceptors (Lipinski definition) is 5. The van der Waals surface area contributed by atoms with Crippen LogP contribution in [-0.4, -0.2) is 32.0 Å². The van der Waals surface area contributed by atoms with Gasteiger partial charge in [0.15, 0.2) is 5.66 Å². The highest BCUT2D eigenvalue weighted by molar-refractivity contribution is 7.55. The lowest BCUT2D eigenvalue weighted by molar-refractivity contribution is -0.140. The molecule has 0 aromatic rings. The van der Waals surface area contributed by atoms with Crippen LogP contribution in [0.25, 0.3) is 0 Å². The fourth-order valence-corrected chi connectivity index (χ4v) is 3.00. The molecule has 92 valence electrons. The first-order chi connectivity index (χ1) is 7.55. The first kappa shape index (κ1) is 15.2. The smallest absolute Gasteiger partial charge is 0.345 e. The van der Waals surface area contributed by atoms with Gasteiger partial charge in [-0.3, -0.25) is 9.36 Å². The monoisotopic (exact) mass is 248 g/mol. The minimum absolute atomic E-state index is 0.0377. The van der Waals surface area contributed by atoms with E-state index >= 15 is 0 Å². The van der Waals surface area contributed by atoms with E-state index in [1.54, 1.807) is 13.8 Å². The summed E-state index contributed by atoms with van der Waals surface area (Å²) in [5, 5.41) is 0. The van der Waals surface area contributed by atoms with E-state index < -0.39 is 19.2 Å². The molecule has 0 spiro atoms. The van der Waals surface area contributed by atoms with E-state index in [1.165, 1.54) is 7.11 Å². The topological polar surface area (TPSA) is 61.8 Å². The fourth-order valence-electron chi connectivity index (χ4n) is 1.15. The number of carbonyl (C=O) groups excluding carboxylic acids is 1. The zero-order chi connectivity index (χ0) is 12.6. The van der Waals surface area contributed by atoms with Crippen LogP contribution in [-0.2, 0) is 23.1 Å². The molecule has 0 aliphatic carbocycles. The van der Waals surface area contributed by atoms with Crippen molar-refractivity contribution in [3.8, 4) is 12.3 Å². The normalized spacial score (nSPS) is 12.9. The number of ether oxygens (including phenoxy) is 1. The molecule has 0 rings (SSSR count). The molecular weight excluding hydrogens is 231 g/mol. The van der Waals surface area contributed by atoms with Crippen LogP contribution in [0.3, 0.4) is 0 Å². The average molecular weight is 248 g/mol. The molecule has 0 aromatic carbocycles. The van der Waals surface area contributed by atoms with Gasteiger partial charge in [-0.25, -0.2) is 0 Å². The molecule has 0 saturated heterocycles. The summed E-state index contributed by atoms with van der Waals surface area (Å²) in [5.41, 5.74) is -1.05. The molecule has 0 aromatic heterocycles. The second-order valence-electron chi connectivity index (χ2n) is 2.82. The van der Waals surface area contributed by atoms with Gasteiger partial charge in [0.05, 0.1) is 20.3 Å². The van der Waals surface area contributed by atoms with Crippen LogP contribution in [0.1, 0.15) is 20.3 Å². The maximum Gasteiger partial charge on any atom is 0.345 e. The highest BCUT2D eigenvalue weighted by Crippen LogP contribution is 2.54. The molecule has 0 amide bonds. The van der Waals surface area contributed by atoms with Crippen molar-refractivity contribution in [2.75, 3.05) is 20.3 Å². The Bertz CT molecular complexity index is 297. The first-order valence-corrected chi connectivity index (χ1v) is 6.56. The number of terminal acetylenes is 1. The standard InChI is InChI=1S/C10H17O5P/c1-5-8-9(10(11)13-4)16(12,14-6-2)15-7-3/h1,9H,6-8H2,2-4H3. The Labute approximate surface area is 96.0 Å². The molecule has 1 unspecified atom stereocenters.